The summed E-state index contributed by atoms with van der Waals surface area (Å²) in [5.74, 6) is 0.0722. The number of aromatic nitrogens is 1. The number of hydrogen-bond acceptors (Lipinski definition) is 6. The minimum absolute atomic E-state index is 0.0261. The molecule has 8 heteroatoms. The van der Waals surface area contributed by atoms with Gasteiger partial charge in [-0.2, -0.15) is 0 Å². The first-order chi connectivity index (χ1) is 12.6. The Hall–Kier alpha value is -2.42. The lowest BCUT2D eigenvalue weighted by atomic mass is 10.0. The van der Waals surface area contributed by atoms with E-state index in [0.717, 1.165) is 0 Å². The highest BCUT2D eigenvalue weighted by atomic mass is 16.5. The van der Waals surface area contributed by atoms with Gasteiger partial charge in [-0.25, -0.2) is 0 Å². The summed E-state index contributed by atoms with van der Waals surface area (Å²) in [4.78, 5) is 28.3. The van der Waals surface area contributed by atoms with Gasteiger partial charge in [-0.05, 0) is 24.6 Å². The maximum absolute atomic E-state index is 12.7. The molecule has 0 radical (unpaired) electrons. The summed E-state index contributed by atoms with van der Waals surface area (Å²) < 4.78 is 16.0. The molecule has 3 N–H and O–H groups in total. The number of carbonyl (C=O) groups is 1. The zero-order chi connectivity index (χ0) is 18.5. The molecule has 1 amide bonds. The van der Waals surface area contributed by atoms with Gasteiger partial charge in [-0.3, -0.25) is 9.59 Å². The molecular formula is C18H22N2O6. The molecule has 1 aromatic carbocycles. The van der Waals surface area contributed by atoms with E-state index in [4.69, 9.17) is 19.3 Å². The molecule has 0 saturated carbocycles. The van der Waals surface area contributed by atoms with Crippen LogP contribution in [0.4, 0.5) is 0 Å². The number of nitrogens with one attached hydrogen (secondary N) is 2. The first kappa shape index (κ1) is 18.4. The van der Waals surface area contributed by atoms with E-state index in [1.54, 1.807) is 18.2 Å². The summed E-state index contributed by atoms with van der Waals surface area (Å²) in [6.07, 6.45) is 1.62. The van der Waals surface area contributed by atoms with Gasteiger partial charge in [0.25, 0.3) is 5.91 Å². The van der Waals surface area contributed by atoms with Crippen molar-refractivity contribution in [2.75, 3.05) is 33.5 Å². The van der Waals surface area contributed by atoms with Gasteiger partial charge in [0.1, 0.15) is 17.4 Å². The lowest BCUT2D eigenvalue weighted by Crippen LogP contribution is -2.50. The number of carbonyl (C=O) groups excluding carboxylic acids is 1. The molecule has 3 rings (SSSR count). The smallest absolute Gasteiger partial charge is 0.257 e. The molecule has 0 unspecified atom stereocenters. The molecule has 1 aromatic heterocycles. The minimum Gasteiger partial charge on any atom is -0.497 e. The zero-order valence-electron chi connectivity index (χ0n) is 14.5. The van der Waals surface area contributed by atoms with E-state index in [1.807, 2.05) is 0 Å². The molecule has 140 valence electrons. The number of aliphatic hydroxyl groups is 1. The Morgan fingerprint density at radius 3 is 3.08 bits per heavy atom. The number of benzene rings is 1. The normalized spacial score (nSPS) is 20.1. The van der Waals surface area contributed by atoms with Gasteiger partial charge in [0.15, 0.2) is 0 Å². The van der Waals surface area contributed by atoms with E-state index in [0.29, 0.717) is 36.3 Å². The Balaban J connectivity index is 1.82. The Morgan fingerprint density at radius 1 is 1.46 bits per heavy atom. The molecule has 0 aliphatic carbocycles. The number of H-pyrrole nitrogens is 1. The first-order valence-electron chi connectivity index (χ1n) is 8.44. The van der Waals surface area contributed by atoms with Crippen LogP contribution in [0.2, 0.25) is 0 Å². The van der Waals surface area contributed by atoms with Crippen molar-refractivity contribution in [2.45, 2.75) is 18.6 Å². The van der Waals surface area contributed by atoms with E-state index in [9.17, 15) is 9.59 Å². The third kappa shape index (κ3) is 3.87. The standard InChI is InChI=1S/C18H22N2O6/c1-24-11-2-3-14-12(8-11)17(22)13(9-19-14)18(23)20-15-4-6-25-10-16(15)26-7-5-21/h2-3,8-9,15-16,21H,4-7,10H2,1H3,(H,19,22)(H,20,23)/t15-,16-/m1/s1. The number of amides is 1. The summed E-state index contributed by atoms with van der Waals surface area (Å²) >= 11 is 0. The van der Waals surface area contributed by atoms with Crippen LogP contribution in [0.5, 0.6) is 5.75 Å². The molecule has 2 aromatic rings. The number of pyridine rings is 1. The Bertz CT molecular complexity index is 834. The average Bonchev–Trinajstić information content (AvgIpc) is 2.67. The van der Waals surface area contributed by atoms with E-state index < -0.39 is 5.91 Å². The van der Waals surface area contributed by atoms with Crippen LogP contribution in [0.15, 0.2) is 29.2 Å². The van der Waals surface area contributed by atoms with Gasteiger partial charge < -0.3 is 29.6 Å². The fourth-order valence-corrected chi connectivity index (χ4v) is 2.98. The van der Waals surface area contributed by atoms with Crippen molar-refractivity contribution in [1.29, 1.82) is 0 Å². The van der Waals surface area contributed by atoms with Crippen molar-refractivity contribution >= 4 is 16.8 Å². The topological polar surface area (TPSA) is 110 Å². The first-order valence-corrected chi connectivity index (χ1v) is 8.44. The quantitative estimate of drug-likeness (QED) is 0.688. The minimum atomic E-state index is -0.472. The Kier molecular flexibility index (Phi) is 5.87. The maximum Gasteiger partial charge on any atom is 0.257 e. The number of fused-ring (bicyclic) bond motifs is 1. The number of methoxy groups -OCH3 is 1. The van der Waals surface area contributed by atoms with Gasteiger partial charge >= 0.3 is 0 Å². The number of ether oxygens (including phenoxy) is 3. The monoisotopic (exact) mass is 362 g/mol. The second-order valence-corrected chi connectivity index (χ2v) is 6.02. The lowest BCUT2D eigenvalue weighted by molar-refractivity contribution is -0.0737. The van der Waals surface area contributed by atoms with Crippen molar-refractivity contribution < 1.29 is 24.1 Å². The highest BCUT2D eigenvalue weighted by molar-refractivity contribution is 5.97. The predicted molar refractivity (Wildman–Crippen MR) is 94.6 cm³/mol. The highest BCUT2D eigenvalue weighted by Crippen LogP contribution is 2.17. The second-order valence-electron chi connectivity index (χ2n) is 6.02. The van der Waals surface area contributed by atoms with Gasteiger partial charge in [0.2, 0.25) is 5.43 Å². The van der Waals surface area contributed by atoms with E-state index in [2.05, 4.69) is 10.3 Å². The largest absolute Gasteiger partial charge is 0.497 e. The summed E-state index contributed by atoms with van der Waals surface area (Å²) in [7, 11) is 1.52. The summed E-state index contributed by atoms with van der Waals surface area (Å²) in [5, 5.41) is 12.2. The number of hydrogen-bond donors (Lipinski definition) is 3. The van der Waals surface area contributed by atoms with Crippen molar-refractivity contribution in [2.24, 2.45) is 0 Å². The molecule has 1 saturated heterocycles. The van der Waals surface area contributed by atoms with Crippen LogP contribution in [0, 0.1) is 0 Å². The molecule has 0 spiro atoms. The zero-order valence-corrected chi connectivity index (χ0v) is 14.5. The van der Waals surface area contributed by atoms with Crippen LogP contribution < -0.4 is 15.5 Å². The van der Waals surface area contributed by atoms with Crippen LogP contribution in [-0.2, 0) is 9.47 Å². The molecule has 2 atom stereocenters. The SMILES string of the molecule is COc1ccc2[nH]cc(C(=O)N[C@@H]3CCOC[C@H]3OCCO)c(=O)c2c1. The van der Waals surface area contributed by atoms with Crippen LogP contribution in [-0.4, -0.2) is 61.7 Å². The summed E-state index contributed by atoms with van der Waals surface area (Å²) in [6, 6.07) is 4.78. The Labute approximate surface area is 150 Å². The molecule has 8 nitrogen and oxygen atoms in total. The van der Waals surface area contributed by atoms with Crippen LogP contribution in [0.1, 0.15) is 16.8 Å². The van der Waals surface area contributed by atoms with E-state index in [-0.39, 0.29) is 36.4 Å². The van der Waals surface area contributed by atoms with Crippen LogP contribution in [0.3, 0.4) is 0 Å². The highest BCUT2D eigenvalue weighted by Gasteiger charge is 2.29. The summed E-state index contributed by atoms with van der Waals surface area (Å²) in [5.41, 5.74) is 0.288. The van der Waals surface area contributed by atoms with Crippen LogP contribution >= 0.6 is 0 Å². The molecule has 1 aliphatic rings. The van der Waals surface area contributed by atoms with Crippen LogP contribution in [0.25, 0.3) is 10.9 Å². The molecule has 26 heavy (non-hydrogen) atoms. The fourth-order valence-electron chi connectivity index (χ4n) is 2.98. The molecule has 2 heterocycles. The number of aliphatic hydroxyl groups excluding tert-OH is 1. The molecular weight excluding hydrogens is 340 g/mol. The molecule has 1 fully saturated rings. The second kappa shape index (κ2) is 8.31. The third-order valence-electron chi connectivity index (χ3n) is 4.38. The lowest BCUT2D eigenvalue weighted by Gasteiger charge is -2.31. The molecule has 0 bridgehead atoms. The van der Waals surface area contributed by atoms with Gasteiger partial charge in [0.05, 0.1) is 33.0 Å². The van der Waals surface area contributed by atoms with Crippen molar-refractivity contribution in [3.8, 4) is 5.75 Å². The van der Waals surface area contributed by atoms with Gasteiger partial charge in [-0.1, -0.05) is 0 Å². The fraction of sp³-hybridized carbons (Fsp3) is 0.444. The third-order valence-corrected chi connectivity index (χ3v) is 4.38. The van der Waals surface area contributed by atoms with Crippen molar-refractivity contribution in [3.63, 3.8) is 0 Å². The molecule has 1 aliphatic heterocycles. The predicted octanol–water partition coefficient (Wildman–Crippen LogP) is 0.433. The Morgan fingerprint density at radius 2 is 2.31 bits per heavy atom. The van der Waals surface area contributed by atoms with Crippen molar-refractivity contribution in [3.05, 3.63) is 40.2 Å². The van der Waals surface area contributed by atoms with E-state index >= 15 is 0 Å². The van der Waals surface area contributed by atoms with Crippen molar-refractivity contribution in [1.82, 2.24) is 10.3 Å². The number of aromatic amines is 1. The average molecular weight is 362 g/mol. The summed E-state index contributed by atoms with van der Waals surface area (Å²) in [6.45, 7) is 0.880. The van der Waals surface area contributed by atoms with Gasteiger partial charge in [-0.15, -0.1) is 0 Å². The maximum atomic E-state index is 12.7. The number of rotatable bonds is 6. The van der Waals surface area contributed by atoms with Gasteiger partial charge in [0, 0.05) is 23.7 Å². The van der Waals surface area contributed by atoms with E-state index in [1.165, 1.54) is 13.3 Å².